The van der Waals surface area contributed by atoms with E-state index in [1.54, 1.807) is 12.1 Å². The van der Waals surface area contributed by atoms with Crippen LogP contribution in [0.2, 0.25) is 0 Å². The zero-order chi connectivity index (χ0) is 15.3. The first-order valence-electron chi connectivity index (χ1n) is 6.92. The first kappa shape index (κ1) is 15.3. The molecule has 2 aromatic carbocycles. The zero-order valence-electron chi connectivity index (χ0n) is 12.4. The Labute approximate surface area is 124 Å². The van der Waals surface area contributed by atoms with Crippen molar-refractivity contribution in [1.29, 1.82) is 0 Å². The lowest BCUT2D eigenvalue weighted by atomic mass is 9.92. The van der Waals surface area contributed by atoms with Crippen molar-refractivity contribution < 1.29 is 9.13 Å². The van der Waals surface area contributed by atoms with Crippen LogP contribution in [0.1, 0.15) is 12.5 Å². The van der Waals surface area contributed by atoms with Crippen molar-refractivity contribution in [2.45, 2.75) is 18.9 Å². The molecule has 2 aromatic rings. The minimum absolute atomic E-state index is 0.221. The Hall–Kier alpha value is -2.07. The molecule has 2 rings (SSSR count). The van der Waals surface area contributed by atoms with Gasteiger partial charge in [-0.25, -0.2) is 4.39 Å². The van der Waals surface area contributed by atoms with Crippen LogP contribution in [-0.2, 0) is 6.42 Å². The summed E-state index contributed by atoms with van der Waals surface area (Å²) in [4.78, 5) is 0. The van der Waals surface area contributed by atoms with E-state index in [1.807, 2.05) is 18.2 Å². The molecule has 0 bridgehead atoms. The summed E-state index contributed by atoms with van der Waals surface area (Å²) in [6.07, 6.45) is 0.782. The average Bonchev–Trinajstić information content (AvgIpc) is 2.50. The van der Waals surface area contributed by atoms with Crippen molar-refractivity contribution >= 4 is 5.69 Å². The smallest absolute Gasteiger partial charge is 0.165 e. The first-order chi connectivity index (χ1) is 10.1. The van der Waals surface area contributed by atoms with Gasteiger partial charge in [-0.15, -0.1) is 0 Å². The second-order valence-corrected chi connectivity index (χ2v) is 5.40. The standard InChI is InChI=1S/C17H21FN2O/c1-17(12-19,11-13-6-4-3-5-7-13)20-14-8-9-15(18)16(10-14)21-2/h3-10,20H,11-12,19H2,1-2H3. The fraction of sp³-hybridized carbons (Fsp3) is 0.294. The molecular formula is C17H21FN2O. The maximum absolute atomic E-state index is 13.5. The second kappa shape index (κ2) is 6.59. The van der Waals surface area contributed by atoms with E-state index in [0.717, 1.165) is 12.1 Å². The predicted molar refractivity (Wildman–Crippen MR) is 84.2 cm³/mol. The molecule has 0 spiro atoms. The molecule has 1 atom stereocenters. The topological polar surface area (TPSA) is 47.3 Å². The van der Waals surface area contributed by atoms with Gasteiger partial charge < -0.3 is 15.8 Å². The highest BCUT2D eigenvalue weighted by Gasteiger charge is 2.23. The lowest BCUT2D eigenvalue weighted by molar-refractivity contribution is 0.386. The molecule has 0 radical (unpaired) electrons. The Morgan fingerprint density at radius 3 is 2.52 bits per heavy atom. The number of hydrogen-bond donors (Lipinski definition) is 2. The van der Waals surface area contributed by atoms with Crippen molar-refractivity contribution in [3.8, 4) is 5.75 Å². The fourth-order valence-corrected chi connectivity index (χ4v) is 2.30. The van der Waals surface area contributed by atoms with Crippen LogP contribution in [0.25, 0.3) is 0 Å². The molecule has 0 heterocycles. The molecule has 0 amide bonds. The van der Waals surface area contributed by atoms with E-state index >= 15 is 0 Å². The number of methoxy groups -OCH3 is 1. The van der Waals surface area contributed by atoms with Gasteiger partial charge in [0.1, 0.15) is 0 Å². The van der Waals surface area contributed by atoms with Crippen LogP contribution in [0.4, 0.5) is 10.1 Å². The molecule has 21 heavy (non-hydrogen) atoms. The van der Waals surface area contributed by atoms with Crippen LogP contribution in [0.15, 0.2) is 48.5 Å². The minimum atomic E-state index is -0.374. The number of rotatable bonds is 6. The molecule has 112 valence electrons. The zero-order valence-corrected chi connectivity index (χ0v) is 12.4. The normalized spacial score (nSPS) is 13.5. The molecule has 0 saturated carbocycles. The summed E-state index contributed by atoms with van der Waals surface area (Å²) in [6.45, 7) is 2.51. The summed E-state index contributed by atoms with van der Waals surface area (Å²) in [5, 5.41) is 3.38. The average molecular weight is 288 g/mol. The van der Waals surface area contributed by atoms with E-state index in [2.05, 4.69) is 24.4 Å². The molecule has 1 unspecified atom stereocenters. The third-order valence-corrected chi connectivity index (χ3v) is 3.48. The Morgan fingerprint density at radius 1 is 1.19 bits per heavy atom. The predicted octanol–water partition coefficient (Wildman–Crippen LogP) is 3.21. The van der Waals surface area contributed by atoms with Crippen LogP contribution >= 0.6 is 0 Å². The quantitative estimate of drug-likeness (QED) is 0.858. The molecule has 0 saturated heterocycles. The number of halogens is 1. The van der Waals surface area contributed by atoms with Crippen molar-refractivity contribution in [2.24, 2.45) is 5.73 Å². The third-order valence-electron chi connectivity index (χ3n) is 3.48. The summed E-state index contributed by atoms with van der Waals surface area (Å²) < 4.78 is 18.5. The summed E-state index contributed by atoms with van der Waals surface area (Å²) in [5.74, 6) is -0.153. The van der Waals surface area contributed by atoms with Gasteiger partial charge in [0.25, 0.3) is 0 Å². The molecule has 3 N–H and O–H groups in total. The third kappa shape index (κ3) is 3.95. The highest BCUT2D eigenvalue weighted by atomic mass is 19.1. The van der Waals surface area contributed by atoms with E-state index in [0.29, 0.717) is 6.54 Å². The highest BCUT2D eigenvalue weighted by molar-refractivity contribution is 5.51. The number of nitrogens with one attached hydrogen (secondary N) is 1. The van der Waals surface area contributed by atoms with Gasteiger partial charge in [0.15, 0.2) is 11.6 Å². The largest absolute Gasteiger partial charge is 0.494 e. The summed E-state index contributed by atoms with van der Waals surface area (Å²) in [7, 11) is 1.45. The van der Waals surface area contributed by atoms with Crippen molar-refractivity contribution in [3.05, 3.63) is 59.9 Å². The summed E-state index contributed by atoms with van der Waals surface area (Å²) in [6, 6.07) is 14.9. The van der Waals surface area contributed by atoms with Gasteiger partial charge >= 0.3 is 0 Å². The van der Waals surface area contributed by atoms with Gasteiger partial charge in [0, 0.05) is 18.3 Å². The van der Waals surface area contributed by atoms with E-state index in [4.69, 9.17) is 10.5 Å². The summed E-state index contributed by atoms with van der Waals surface area (Å²) in [5.41, 5.74) is 7.61. The molecule has 0 aliphatic rings. The Bertz CT molecular complexity index is 589. The molecule has 0 aliphatic heterocycles. The summed E-state index contributed by atoms with van der Waals surface area (Å²) >= 11 is 0. The van der Waals surface area contributed by atoms with Crippen LogP contribution in [0, 0.1) is 5.82 Å². The van der Waals surface area contributed by atoms with Gasteiger partial charge in [0.05, 0.1) is 12.6 Å². The SMILES string of the molecule is COc1cc(NC(C)(CN)Cc2ccccc2)ccc1F. The maximum Gasteiger partial charge on any atom is 0.165 e. The number of ether oxygens (including phenoxy) is 1. The van der Waals surface area contributed by atoms with Crippen molar-refractivity contribution in [1.82, 2.24) is 0 Å². The Morgan fingerprint density at radius 2 is 1.90 bits per heavy atom. The molecule has 0 aliphatic carbocycles. The molecular weight excluding hydrogens is 267 g/mol. The van der Waals surface area contributed by atoms with E-state index in [1.165, 1.54) is 18.7 Å². The number of hydrogen-bond acceptors (Lipinski definition) is 3. The van der Waals surface area contributed by atoms with E-state index < -0.39 is 0 Å². The second-order valence-electron chi connectivity index (χ2n) is 5.40. The van der Waals surface area contributed by atoms with Gasteiger partial charge in [-0.05, 0) is 31.0 Å². The van der Waals surface area contributed by atoms with Gasteiger partial charge in [-0.3, -0.25) is 0 Å². The minimum Gasteiger partial charge on any atom is -0.494 e. The van der Waals surface area contributed by atoms with Crippen LogP contribution in [0.5, 0.6) is 5.75 Å². The molecule has 0 fully saturated rings. The van der Waals surface area contributed by atoms with E-state index in [9.17, 15) is 4.39 Å². The Balaban J connectivity index is 2.17. The molecule has 4 heteroatoms. The fourth-order valence-electron chi connectivity index (χ4n) is 2.30. The van der Waals surface area contributed by atoms with Crippen molar-refractivity contribution in [3.63, 3.8) is 0 Å². The van der Waals surface area contributed by atoms with Crippen LogP contribution < -0.4 is 15.8 Å². The number of benzene rings is 2. The van der Waals surface area contributed by atoms with Crippen LogP contribution in [0.3, 0.4) is 0 Å². The van der Waals surface area contributed by atoms with Gasteiger partial charge in [-0.1, -0.05) is 30.3 Å². The van der Waals surface area contributed by atoms with Gasteiger partial charge in [-0.2, -0.15) is 0 Å². The van der Waals surface area contributed by atoms with Gasteiger partial charge in [0.2, 0.25) is 0 Å². The first-order valence-corrected chi connectivity index (χ1v) is 6.92. The highest BCUT2D eigenvalue weighted by Crippen LogP contribution is 2.25. The molecule has 0 aromatic heterocycles. The van der Waals surface area contributed by atoms with Crippen LogP contribution in [-0.4, -0.2) is 19.2 Å². The lowest BCUT2D eigenvalue weighted by Gasteiger charge is -2.31. The monoisotopic (exact) mass is 288 g/mol. The Kier molecular flexibility index (Phi) is 4.81. The van der Waals surface area contributed by atoms with Crippen molar-refractivity contribution in [2.75, 3.05) is 19.0 Å². The molecule has 3 nitrogen and oxygen atoms in total. The van der Waals surface area contributed by atoms with E-state index in [-0.39, 0.29) is 17.1 Å². The lowest BCUT2D eigenvalue weighted by Crippen LogP contribution is -2.44. The number of nitrogens with two attached hydrogens (primary N) is 1. The maximum atomic E-state index is 13.5. The number of anilines is 1.